The van der Waals surface area contributed by atoms with Gasteiger partial charge >= 0.3 is 0 Å². The van der Waals surface area contributed by atoms with E-state index in [0.29, 0.717) is 29.0 Å². The predicted octanol–water partition coefficient (Wildman–Crippen LogP) is 3.30. The Balaban J connectivity index is 1.62. The van der Waals surface area contributed by atoms with Crippen molar-refractivity contribution in [3.63, 3.8) is 0 Å². The van der Waals surface area contributed by atoms with Crippen LogP contribution in [-0.4, -0.2) is 50.3 Å². The van der Waals surface area contributed by atoms with Crippen LogP contribution in [-0.2, 0) is 4.79 Å². The van der Waals surface area contributed by atoms with Gasteiger partial charge in [0.2, 0.25) is 5.91 Å². The van der Waals surface area contributed by atoms with Crippen LogP contribution in [0.3, 0.4) is 0 Å². The first-order valence-electron chi connectivity index (χ1n) is 9.24. The van der Waals surface area contributed by atoms with Gasteiger partial charge in [-0.1, -0.05) is 13.5 Å². The van der Waals surface area contributed by atoms with Crippen LogP contribution in [0.15, 0.2) is 25.2 Å². The summed E-state index contributed by atoms with van der Waals surface area (Å²) < 4.78 is 27.9. The predicted molar refractivity (Wildman–Crippen MR) is 98.8 cm³/mol. The second kappa shape index (κ2) is 6.28. The molecule has 2 aromatic rings. The van der Waals surface area contributed by atoms with Gasteiger partial charge in [0.1, 0.15) is 17.8 Å². The van der Waals surface area contributed by atoms with E-state index in [4.69, 9.17) is 0 Å². The van der Waals surface area contributed by atoms with E-state index in [2.05, 4.69) is 26.8 Å². The second-order valence-electron chi connectivity index (χ2n) is 7.59. The van der Waals surface area contributed by atoms with Gasteiger partial charge in [-0.2, -0.15) is 0 Å². The summed E-state index contributed by atoms with van der Waals surface area (Å²) >= 11 is 0. The van der Waals surface area contributed by atoms with Gasteiger partial charge in [-0.25, -0.2) is 18.7 Å². The number of fused-ring (bicyclic) bond motifs is 1. The maximum absolute atomic E-state index is 14.0. The van der Waals surface area contributed by atoms with Gasteiger partial charge < -0.3 is 15.2 Å². The Hall–Kier alpha value is -2.51. The molecule has 3 heterocycles. The zero-order chi connectivity index (χ0) is 19.3. The number of likely N-dealkylation sites (tertiary alicyclic amines) is 1. The Bertz CT molecular complexity index is 895. The summed E-state index contributed by atoms with van der Waals surface area (Å²) in [6.07, 6.45) is 6.07. The fraction of sp³-hybridized carbons (Fsp3) is 0.526. The Morgan fingerprint density at radius 1 is 1.41 bits per heavy atom. The molecule has 1 amide bonds. The molecule has 8 heteroatoms. The maximum atomic E-state index is 14.0. The number of amides is 1. The number of piperidine rings is 1. The van der Waals surface area contributed by atoms with Gasteiger partial charge in [0.15, 0.2) is 0 Å². The molecule has 144 valence electrons. The normalized spacial score (nSPS) is 29.6. The molecular weight excluding hydrogens is 352 g/mol. The zero-order valence-corrected chi connectivity index (χ0v) is 15.4. The highest BCUT2D eigenvalue weighted by Crippen LogP contribution is 2.62. The fourth-order valence-corrected chi connectivity index (χ4v) is 4.14. The molecule has 0 aromatic carbocycles. The lowest BCUT2D eigenvalue weighted by molar-refractivity contribution is -0.129. The van der Waals surface area contributed by atoms with E-state index in [9.17, 15) is 13.6 Å². The van der Waals surface area contributed by atoms with Crippen molar-refractivity contribution in [2.75, 3.05) is 11.9 Å². The number of anilines is 1. The van der Waals surface area contributed by atoms with Crippen molar-refractivity contribution >= 4 is 22.8 Å². The average molecular weight is 375 g/mol. The molecule has 4 unspecified atom stereocenters. The van der Waals surface area contributed by atoms with Gasteiger partial charge in [0.05, 0.1) is 11.3 Å². The molecule has 2 N–H and O–H groups in total. The van der Waals surface area contributed by atoms with Crippen molar-refractivity contribution in [1.82, 2.24) is 19.9 Å². The molecule has 2 fully saturated rings. The summed E-state index contributed by atoms with van der Waals surface area (Å²) in [6, 6.07) is 0.135. The van der Waals surface area contributed by atoms with Crippen LogP contribution in [0.5, 0.6) is 0 Å². The number of carbonyl (C=O) groups excluding carboxylic acids is 1. The van der Waals surface area contributed by atoms with Crippen LogP contribution in [0.25, 0.3) is 11.0 Å². The standard InChI is InChI=1S/C19H23F2N5O/c1-4-14(27)26-8-12(6-5-10(26)2)25-18-15-13(16-11(3)19(16,20)21)7-22-17(15)23-9-24-18/h4,7,9-12,16H,1,5-6,8H2,2-3H3,(H2,22,23,24,25). The van der Waals surface area contributed by atoms with Crippen molar-refractivity contribution in [1.29, 1.82) is 0 Å². The molecule has 6 nitrogen and oxygen atoms in total. The van der Waals surface area contributed by atoms with Gasteiger partial charge in [0, 0.05) is 30.7 Å². The number of aromatic nitrogens is 3. The summed E-state index contributed by atoms with van der Waals surface area (Å²) in [6.45, 7) is 7.66. The first-order valence-corrected chi connectivity index (χ1v) is 9.24. The Kier molecular flexibility index (Phi) is 4.16. The Labute approximate surface area is 156 Å². The molecule has 27 heavy (non-hydrogen) atoms. The minimum absolute atomic E-state index is 0.0110. The summed E-state index contributed by atoms with van der Waals surface area (Å²) in [4.78, 5) is 25.3. The minimum atomic E-state index is -2.70. The van der Waals surface area contributed by atoms with E-state index in [1.165, 1.54) is 12.4 Å². The highest BCUT2D eigenvalue weighted by Gasteiger charge is 2.66. The molecule has 0 radical (unpaired) electrons. The highest BCUT2D eigenvalue weighted by atomic mass is 19.3. The lowest BCUT2D eigenvalue weighted by Gasteiger charge is -2.38. The monoisotopic (exact) mass is 375 g/mol. The van der Waals surface area contributed by atoms with Crippen LogP contribution in [0, 0.1) is 5.92 Å². The third-order valence-corrected chi connectivity index (χ3v) is 5.93. The number of nitrogens with zero attached hydrogens (tertiary/aromatic N) is 3. The molecule has 1 aliphatic carbocycles. The van der Waals surface area contributed by atoms with E-state index in [-0.39, 0.29) is 18.0 Å². The topological polar surface area (TPSA) is 73.9 Å². The van der Waals surface area contributed by atoms with Crippen molar-refractivity contribution in [3.8, 4) is 0 Å². The molecular formula is C19H23F2N5O. The molecule has 1 saturated carbocycles. The SMILES string of the molecule is C=CC(=O)N1CC(Nc2ncnc3[nH]cc(C4C(C)C4(F)F)c23)CCC1C. The molecule has 4 atom stereocenters. The first kappa shape index (κ1) is 17.9. The third-order valence-electron chi connectivity index (χ3n) is 5.93. The summed E-state index contributed by atoms with van der Waals surface area (Å²) in [7, 11) is 0. The van der Waals surface area contributed by atoms with E-state index in [0.717, 1.165) is 12.8 Å². The quantitative estimate of drug-likeness (QED) is 0.804. The summed E-state index contributed by atoms with van der Waals surface area (Å²) in [5, 5.41) is 3.98. The van der Waals surface area contributed by atoms with E-state index in [1.807, 2.05) is 6.92 Å². The number of H-pyrrole nitrogens is 1. The fourth-order valence-electron chi connectivity index (χ4n) is 4.14. The maximum Gasteiger partial charge on any atom is 0.258 e. The number of alkyl halides is 2. The van der Waals surface area contributed by atoms with Crippen molar-refractivity contribution < 1.29 is 13.6 Å². The molecule has 1 aliphatic heterocycles. The Morgan fingerprint density at radius 2 is 2.15 bits per heavy atom. The minimum Gasteiger partial charge on any atom is -0.365 e. The molecule has 0 spiro atoms. The molecule has 2 aliphatic rings. The van der Waals surface area contributed by atoms with E-state index < -0.39 is 17.8 Å². The summed E-state index contributed by atoms with van der Waals surface area (Å²) in [5.41, 5.74) is 1.09. The highest BCUT2D eigenvalue weighted by molar-refractivity contribution is 5.91. The Morgan fingerprint density at radius 3 is 2.81 bits per heavy atom. The van der Waals surface area contributed by atoms with Crippen LogP contribution >= 0.6 is 0 Å². The largest absolute Gasteiger partial charge is 0.365 e. The number of hydrogen-bond donors (Lipinski definition) is 2. The first-order chi connectivity index (χ1) is 12.8. The van der Waals surface area contributed by atoms with Gasteiger partial charge in [-0.3, -0.25) is 4.79 Å². The lowest BCUT2D eigenvalue weighted by Crippen LogP contribution is -2.49. The van der Waals surface area contributed by atoms with Crippen LogP contribution in [0.1, 0.15) is 38.2 Å². The van der Waals surface area contributed by atoms with Gasteiger partial charge in [-0.05, 0) is 31.4 Å². The van der Waals surface area contributed by atoms with Gasteiger partial charge in [0.25, 0.3) is 5.92 Å². The third kappa shape index (κ3) is 2.87. The number of rotatable bonds is 4. The number of halogens is 2. The van der Waals surface area contributed by atoms with Crippen molar-refractivity contribution in [2.24, 2.45) is 5.92 Å². The number of aromatic amines is 1. The molecule has 4 rings (SSSR count). The molecule has 0 bridgehead atoms. The van der Waals surface area contributed by atoms with E-state index in [1.54, 1.807) is 18.0 Å². The number of carbonyl (C=O) groups is 1. The van der Waals surface area contributed by atoms with Crippen LogP contribution < -0.4 is 5.32 Å². The van der Waals surface area contributed by atoms with Crippen LogP contribution in [0.2, 0.25) is 0 Å². The summed E-state index contributed by atoms with van der Waals surface area (Å²) in [5.74, 6) is -3.77. The van der Waals surface area contributed by atoms with Crippen LogP contribution in [0.4, 0.5) is 14.6 Å². The van der Waals surface area contributed by atoms with Crippen molar-refractivity contribution in [2.45, 2.75) is 50.6 Å². The van der Waals surface area contributed by atoms with Crippen molar-refractivity contribution in [3.05, 3.63) is 30.7 Å². The second-order valence-corrected chi connectivity index (χ2v) is 7.59. The zero-order valence-electron chi connectivity index (χ0n) is 15.4. The van der Waals surface area contributed by atoms with E-state index >= 15 is 0 Å². The molecule has 2 aromatic heterocycles. The smallest absolute Gasteiger partial charge is 0.258 e. The molecule has 1 saturated heterocycles. The number of hydrogen-bond acceptors (Lipinski definition) is 4. The van der Waals surface area contributed by atoms with Gasteiger partial charge in [-0.15, -0.1) is 0 Å². The lowest BCUT2D eigenvalue weighted by atomic mass is 9.99. The number of nitrogens with one attached hydrogen (secondary N) is 2. The average Bonchev–Trinajstić information content (AvgIpc) is 2.97.